The molecule has 0 aromatic rings. The molecule has 4 aliphatic carbocycles. The molecule has 172 valence electrons. The first-order chi connectivity index (χ1) is 13.9. The van der Waals surface area contributed by atoms with Crippen LogP contribution in [0.4, 0.5) is 0 Å². The average molecular weight is 443 g/mol. The van der Waals surface area contributed by atoms with Gasteiger partial charge in [-0.25, -0.2) is 0 Å². The molecule has 6 heteroatoms. The molecule has 0 aromatic carbocycles. The Balaban J connectivity index is 1.66. The second-order valence-electron chi connectivity index (χ2n) is 11.6. The van der Waals surface area contributed by atoms with Crippen molar-refractivity contribution in [2.75, 3.05) is 0 Å². The van der Waals surface area contributed by atoms with Crippen LogP contribution in [-0.2, 0) is 4.79 Å². The smallest absolute Gasteiger partial charge is 0.303 e. The Bertz CT molecular complexity index is 683. The van der Waals surface area contributed by atoms with Crippen molar-refractivity contribution in [2.45, 2.75) is 95.8 Å². The van der Waals surface area contributed by atoms with Crippen molar-refractivity contribution in [1.29, 1.82) is 0 Å². The number of carboxylic acid groups (broad SMARTS) is 1. The van der Waals surface area contributed by atoms with Gasteiger partial charge in [-0.3, -0.25) is 4.79 Å². The lowest BCUT2D eigenvalue weighted by atomic mass is 9.43. The van der Waals surface area contributed by atoms with Crippen LogP contribution in [0.15, 0.2) is 0 Å². The third-order valence-corrected chi connectivity index (χ3v) is 11.0. The number of fused-ring (bicyclic) bond motifs is 5. The Morgan fingerprint density at radius 1 is 1.13 bits per heavy atom. The lowest BCUT2D eigenvalue weighted by Crippen LogP contribution is -2.65. The summed E-state index contributed by atoms with van der Waals surface area (Å²) in [6.07, 6.45) is 5.47. The Morgan fingerprint density at radius 2 is 1.83 bits per heavy atom. The number of aliphatic hydroxyl groups is 3. The first-order valence-electron chi connectivity index (χ1n) is 11.9. The minimum Gasteiger partial charge on any atom is -0.481 e. The number of halogens is 1. The van der Waals surface area contributed by atoms with Gasteiger partial charge in [0.05, 0.1) is 12.2 Å². The van der Waals surface area contributed by atoms with Crippen molar-refractivity contribution in [3.05, 3.63) is 0 Å². The van der Waals surface area contributed by atoms with E-state index in [1.807, 2.05) is 0 Å². The topological polar surface area (TPSA) is 98.0 Å². The van der Waals surface area contributed by atoms with Gasteiger partial charge in [0.2, 0.25) is 0 Å². The molecule has 0 amide bonds. The van der Waals surface area contributed by atoms with Gasteiger partial charge in [0.1, 0.15) is 5.06 Å². The van der Waals surface area contributed by atoms with Crippen LogP contribution < -0.4 is 0 Å². The largest absolute Gasteiger partial charge is 0.481 e. The lowest BCUT2D eigenvalue weighted by molar-refractivity contribution is -0.219. The van der Waals surface area contributed by atoms with Crippen molar-refractivity contribution in [1.82, 2.24) is 0 Å². The Hall–Kier alpha value is -0.360. The fourth-order valence-electron chi connectivity index (χ4n) is 8.66. The van der Waals surface area contributed by atoms with Crippen molar-refractivity contribution in [2.24, 2.45) is 46.3 Å². The molecule has 0 aromatic heterocycles. The minimum atomic E-state index is -1.36. The summed E-state index contributed by atoms with van der Waals surface area (Å²) in [5.41, 5.74) is -0.549. The van der Waals surface area contributed by atoms with Crippen LogP contribution in [-0.4, -0.2) is 43.7 Å². The fraction of sp³-hybridized carbons (Fsp3) is 0.958. The van der Waals surface area contributed by atoms with Crippen LogP contribution in [0, 0.1) is 46.3 Å². The van der Waals surface area contributed by atoms with Gasteiger partial charge in [0.15, 0.2) is 0 Å². The molecule has 0 saturated heterocycles. The molecule has 30 heavy (non-hydrogen) atoms. The number of hydrogen-bond acceptors (Lipinski definition) is 4. The summed E-state index contributed by atoms with van der Waals surface area (Å²) in [7, 11) is 0. The fourth-order valence-corrected chi connectivity index (χ4v) is 9.11. The highest BCUT2D eigenvalue weighted by Crippen LogP contribution is 2.71. The van der Waals surface area contributed by atoms with Crippen LogP contribution in [0.3, 0.4) is 0 Å². The van der Waals surface area contributed by atoms with Crippen molar-refractivity contribution in [3.8, 4) is 0 Å². The van der Waals surface area contributed by atoms with Crippen LogP contribution in [0.2, 0.25) is 0 Å². The van der Waals surface area contributed by atoms with E-state index in [1.165, 1.54) is 0 Å². The van der Waals surface area contributed by atoms with Gasteiger partial charge < -0.3 is 20.4 Å². The summed E-state index contributed by atoms with van der Waals surface area (Å²) in [5.74, 6) is 0.182. The number of carbonyl (C=O) groups is 1. The van der Waals surface area contributed by atoms with Gasteiger partial charge in [0.25, 0.3) is 0 Å². The molecule has 4 saturated carbocycles. The summed E-state index contributed by atoms with van der Waals surface area (Å²) in [4.78, 5) is 11.1. The molecule has 0 spiro atoms. The summed E-state index contributed by atoms with van der Waals surface area (Å²) in [6.45, 7) is 6.49. The van der Waals surface area contributed by atoms with Gasteiger partial charge >= 0.3 is 5.97 Å². The molecule has 0 unspecified atom stereocenters. The van der Waals surface area contributed by atoms with E-state index in [0.29, 0.717) is 12.8 Å². The van der Waals surface area contributed by atoms with Gasteiger partial charge in [-0.15, -0.1) is 0 Å². The molecule has 0 bridgehead atoms. The summed E-state index contributed by atoms with van der Waals surface area (Å²) < 4.78 is 0. The molecule has 0 radical (unpaired) electrons. The monoisotopic (exact) mass is 442 g/mol. The van der Waals surface area contributed by atoms with Gasteiger partial charge in [-0.1, -0.05) is 32.4 Å². The first-order valence-corrected chi connectivity index (χ1v) is 12.3. The molecule has 4 aliphatic rings. The number of rotatable bonds is 4. The zero-order valence-corrected chi connectivity index (χ0v) is 19.3. The number of aliphatic carboxylic acids is 1. The van der Waals surface area contributed by atoms with E-state index in [2.05, 4.69) is 20.8 Å². The Morgan fingerprint density at radius 3 is 2.50 bits per heavy atom. The highest BCUT2D eigenvalue weighted by molar-refractivity contribution is 6.23. The summed E-state index contributed by atoms with van der Waals surface area (Å²) >= 11 is 7.01. The summed E-state index contributed by atoms with van der Waals surface area (Å²) in [5, 5.41) is 41.0. The number of carboxylic acids is 1. The van der Waals surface area contributed by atoms with Crippen molar-refractivity contribution < 1.29 is 25.2 Å². The third-order valence-electron chi connectivity index (χ3n) is 10.4. The highest BCUT2D eigenvalue weighted by atomic mass is 35.5. The third kappa shape index (κ3) is 3.25. The molecular weight excluding hydrogens is 404 g/mol. The maximum Gasteiger partial charge on any atom is 0.303 e. The predicted molar refractivity (Wildman–Crippen MR) is 115 cm³/mol. The molecule has 4 fully saturated rings. The summed E-state index contributed by atoms with van der Waals surface area (Å²) in [6, 6.07) is 0. The van der Waals surface area contributed by atoms with E-state index in [4.69, 9.17) is 16.7 Å². The molecule has 11 atom stereocenters. The second kappa shape index (κ2) is 7.60. The van der Waals surface area contributed by atoms with Gasteiger partial charge in [-0.05, 0) is 92.3 Å². The zero-order chi connectivity index (χ0) is 22.1. The highest BCUT2D eigenvalue weighted by Gasteiger charge is 2.70. The van der Waals surface area contributed by atoms with E-state index in [1.54, 1.807) is 0 Å². The molecule has 0 aliphatic heterocycles. The molecule has 0 heterocycles. The number of hydrogen-bond donors (Lipinski definition) is 4. The van der Waals surface area contributed by atoms with Gasteiger partial charge in [-0.2, -0.15) is 0 Å². The van der Waals surface area contributed by atoms with E-state index in [9.17, 15) is 20.1 Å². The van der Waals surface area contributed by atoms with Crippen LogP contribution in [0.5, 0.6) is 0 Å². The van der Waals surface area contributed by atoms with E-state index >= 15 is 0 Å². The zero-order valence-electron chi connectivity index (χ0n) is 18.6. The van der Waals surface area contributed by atoms with Crippen LogP contribution >= 0.6 is 11.6 Å². The molecular formula is C24H39ClO5. The Labute approximate surface area is 185 Å². The SMILES string of the molecule is C[C@H](CCC(=O)O)[C@H]1CC[C@H]2[C@@H]3[C@H](O)C[C@@H]4C[C@H](O)CC[C@]4(C)[C@H]3C[C@@](O)(Cl)[C@]12C. The minimum absolute atomic E-state index is 0.0136. The first kappa shape index (κ1) is 22.8. The quantitative estimate of drug-likeness (QED) is 0.493. The normalized spacial score (nSPS) is 54.0. The predicted octanol–water partition coefficient (Wildman–Crippen LogP) is 4.02. The van der Waals surface area contributed by atoms with E-state index < -0.39 is 22.5 Å². The van der Waals surface area contributed by atoms with Crippen molar-refractivity contribution >= 4 is 17.6 Å². The Kier molecular flexibility index (Phi) is 5.78. The molecule has 5 nitrogen and oxygen atoms in total. The standard InChI is InChI=1S/C24H39ClO5/c1-13(4-7-20(28)29)16-5-6-17-21-18(12-24(25,30)23(16,17)3)22(2)9-8-15(26)10-14(22)11-19(21)27/h13-19,21,26-27,30H,4-12H2,1-3H3,(H,28,29)/t13-,14+,15-,16-,17+,18+,19-,21+,22+,23-,24+/m1/s1. The maximum atomic E-state index is 11.7. The number of aliphatic hydroxyl groups excluding tert-OH is 2. The number of alkyl halides is 1. The molecule has 4 N–H and O–H groups in total. The second-order valence-corrected chi connectivity index (χ2v) is 12.2. The maximum absolute atomic E-state index is 11.7. The molecule has 4 rings (SSSR count). The van der Waals surface area contributed by atoms with E-state index in [-0.39, 0.29) is 53.4 Å². The average Bonchev–Trinajstić information content (AvgIpc) is 3.01. The van der Waals surface area contributed by atoms with Crippen LogP contribution in [0.1, 0.15) is 78.6 Å². The van der Waals surface area contributed by atoms with Crippen molar-refractivity contribution in [3.63, 3.8) is 0 Å². The van der Waals surface area contributed by atoms with Crippen LogP contribution in [0.25, 0.3) is 0 Å². The lowest BCUT2D eigenvalue weighted by Gasteiger charge is -2.65. The van der Waals surface area contributed by atoms with Gasteiger partial charge in [0, 0.05) is 11.8 Å². The van der Waals surface area contributed by atoms with E-state index in [0.717, 1.165) is 38.5 Å².